The van der Waals surface area contributed by atoms with E-state index in [1.165, 1.54) is 11.3 Å². The molecule has 0 unspecified atom stereocenters. The van der Waals surface area contributed by atoms with Gasteiger partial charge in [0.25, 0.3) is 5.56 Å². The SMILES string of the molecule is COc1cccc(CCC(=O)c2nc3sc(Br)cc3c(=O)[nH]2)c1. The van der Waals surface area contributed by atoms with Gasteiger partial charge in [0, 0.05) is 6.42 Å². The Kier molecular flexibility index (Phi) is 4.58. The number of benzene rings is 1. The Balaban J connectivity index is 1.79. The number of H-pyrrole nitrogens is 1. The highest BCUT2D eigenvalue weighted by Crippen LogP contribution is 2.26. The number of halogens is 1. The zero-order chi connectivity index (χ0) is 16.4. The number of Topliss-reactive ketones (excluding diaryl/α,β-unsaturated/α-hetero) is 1. The van der Waals surface area contributed by atoms with Crippen LogP contribution in [-0.2, 0) is 6.42 Å². The summed E-state index contributed by atoms with van der Waals surface area (Å²) in [6.45, 7) is 0. The van der Waals surface area contributed by atoms with Crippen LogP contribution < -0.4 is 10.3 Å². The van der Waals surface area contributed by atoms with Crippen molar-refractivity contribution in [3.63, 3.8) is 0 Å². The average molecular weight is 393 g/mol. The van der Waals surface area contributed by atoms with Gasteiger partial charge in [-0.1, -0.05) is 12.1 Å². The molecular weight excluding hydrogens is 380 g/mol. The van der Waals surface area contributed by atoms with Crippen LogP contribution in [-0.4, -0.2) is 22.9 Å². The molecule has 3 rings (SSSR count). The first-order valence-electron chi connectivity index (χ1n) is 6.92. The Morgan fingerprint density at radius 1 is 1.39 bits per heavy atom. The molecule has 1 N–H and O–H groups in total. The van der Waals surface area contributed by atoms with Crippen molar-refractivity contribution < 1.29 is 9.53 Å². The molecule has 0 spiro atoms. The highest BCUT2D eigenvalue weighted by atomic mass is 79.9. The van der Waals surface area contributed by atoms with Crippen molar-refractivity contribution in [2.75, 3.05) is 7.11 Å². The summed E-state index contributed by atoms with van der Waals surface area (Å²) in [5.41, 5.74) is 0.710. The molecule has 7 heteroatoms. The highest BCUT2D eigenvalue weighted by Gasteiger charge is 2.13. The Morgan fingerprint density at radius 3 is 3.00 bits per heavy atom. The molecule has 2 aromatic heterocycles. The number of thiophene rings is 1. The van der Waals surface area contributed by atoms with Crippen LogP contribution in [0, 0.1) is 0 Å². The van der Waals surface area contributed by atoms with Gasteiger partial charge in [-0.05, 0) is 46.1 Å². The van der Waals surface area contributed by atoms with E-state index in [9.17, 15) is 9.59 Å². The topological polar surface area (TPSA) is 72.0 Å². The minimum atomic E-state index is -0.290. The number of ketones is 1. The molecule has 0 saturated heterocycles. The maximum Gasteiger partial charge on any atom is 0.260 e. The number of hydrogen-bond acceptors (Lipinski definition) is 5. The van der Waals surface area contributed by atoms with Gasteiger partial charge in [0.2, 0.25) is 0 Å². The van der Waals surface area contributed by atoms with Crippen LogP contribution in [0.2, 0.25) is 0 Å². The van der Waals surface area contributed by atoms with Gasteiger partial charge in [0.05, 0.1) is 16.3 Å². The second-order valence-electron chi connectivity index (χ2n) is 4.96. The minimum absolute atomic E-state index is 0.111. The van der Waals surface area contributed by atoms with Gasteiger partial charge in [0.1, 0.15) is 10.6 Å². The average Bonchev–Trinajstić information content (AvgIpc) is 2.93. The number of fused-ring (bicyclic) bond motifs is 1. The number of carbonyl (C=O) groups excluding carboxylic acids is 1. The Bertz CT molecular complexity index is 932. The molecule has 2 heterocycles. The molecule has 0 fully saturated rings. The van der Waals surface area contributed by atoms with Gasteiger partial charge in [-0.3, -0.25) is 9.59 Å². The van der Waals surface area contributed by atoms with E-state index in [0.717, 1.165) is 15.1 Å². The smallest absolute Gasteiger partial charge is 0.260 e. The predicted octanol–water partition coefficient (Wildman–Crippen LogP) is 3.57. The molecule has 3 aromatic rings. The maximum absolute atomic E-state index is 12.3. The van der Waals surface area contributed by atoms with Crippen LogP contribution in [0.15, 0.2) is 38.9 Å². The number of nitrogens with zero attached hydrogens (tertiary/aromatic N) is 1. The van der Waals surface area contributed by atoms with Crippen LogP contribution in [0.25, 0.3) is 10.2 Å². The monoisotopic (exact) mass is 392 g/mol. The van der Waals surface area contributed by atoms with E-state index in [1.807, 2.05) is 24.3 Å². The van der Waals surface area contributed by atoms with E-state index in [2.05, 4.69) is 25.9 Å². The van der Waals surface area contributed by atoms with Crippen LogP contribution in [0.1, 0.15) is 22.6 Å². The van der Waals surface area contributed by atoms with Crippen molar-refractivity contribution in [1.29, 1.82) is 0 Å². The van der Waals surface area contributed by atoms with E-state index in [-0.39, 0.29) is 23.6 Å². The normalized spacial score (nSPS) is 10.9. The lowest BCUT2D eigenvalue weighted by atomic mass is 10.1. The van der Waals surface area contributed by atoms with E-state index in [0.29, 0.717) is 16.6 Å². The van der Waals surface area contributed by atoms with Crippen LogP contribution in [0.5, 0.6) is 5.75 Å². The van der Waals surface area contributed by atoms with Gasteiger partial charge in [0.15, 0.2) is 11.6 Å². The van der Waals surface area contributed by atoms with Crippen molar-refractivity contribution in [1.82, 2.24) is 9.97 Å². The van der Waals surface area contributed by atoms with Crippen LogP contribution >= 0.6 is 27.3 Å². The lowest BCUT2D eigenvalue weighted by molar-refractivity contribution is 0.0973. The van der Waals surface area contributed by atoms with Gasteiger partial charge < -0.3 is 9.72 Å². The largest absolute Gasteiger partial charge is 0.497 e. The first kappa shape index (κ1) is 15.9. The number of hydrogen-bond donors (Lipinski definition) is 1. The zero-order valence-corrected chi connectivity index (χ0v) is 14.7. The number of ether oxygens (including phenoxy) is 1. The fraction of sp³-hybridized carbons (Fsp3) is 0.188. The lowest BCUT2D eigenvalue weighted by Crippen LogP contribution is -2.15. The van der Waals surface area contributed by atoms with E-state index < -0.39 is 0 Å². The van der Waals surface area contributed by atoms with Crippen molar-refractivity contribution in [2.45, 2.75) is 12.8 Å². The Hall–Kier alpha value is -1.99. The summed E-state index contributed by atoms with van der Waals surface area (Å²) in [6.07, 6.45) is 0.833. The second kappa shape index (κ2) is 6.64. The van der Waals surface area contributed by atoms with E-state index >= 15 is 0 Å². The van der Waals surface area contributed by atoms with Crippen LogP contribution in [0.4, 0.5) is 0 Å². The van der Waals surface area contributed by atoms with Gasteiger partial charge in [-0.25, -0.2) is 4.98 Å². The number of aromatic nitrogens is 2. The van der Waals surface area contributed by atoms with Crippen LogP contribution in [0.3, 0.4) is 0 Å². The lowest BCUT2D eigenvalue weighted by Gasteiger charge is -2.04. The fourth-order valence-electron chi connectivity index (χ4n) is 2.24. The number of methoxy groups -OCH3 is 1. The number of rotatable bonds is 5. The molecule has 0 saturated carbocycles. The van der Waals surface area contributed by atoms with Gasteiger partial charge in [-0.2, -0.15) is 0 Å². The van der Waals surface area contributed by atoms with Gasteiger partial charge >= 0.3 is 0 Å². The maximum atomic E-state index is 12.3. The summed E-state index contributed by atoms with van der Waals surface area (Å²) in [5.74, 6) is 0.683. The summed E-state index contributed by atoms with van der Waals surface area (Å²) in [6, 6.07) is 9.27. The van der Waals surface area contributed by atoms with Crippen molar-refractivity contribution in [3.05, 3.63) is 55.9 Å². The molecule has 1 aromatic carbocycles. The summed E-state index contributed by atoms with van der Waals surface area (Å²) < 4.78 is 5.98. The Morgan fingerprint density at radius 2 is 2.22 bits per heavy atom. The van der Waals surface area contributed by atoms with Crippen molar-refractivity contribution in [2.24, 2.45) is 0 Å². The molecule has 118 valence electrons. The highest BCUT2D eigenvalue weighted by molar-refractivity contribution is 9.11. The summed E-state index contributed by atoms with van der Waals surface area (Å²) in [4.78, 5) is 31.7. The molecule has 0 atom stereocenters. The number of aryl methyl sites for hydroxylation is 1. The molecule has 0 radical (unpaired) electrons. The quantitative estimate of drug-likeness (QED) is 0.673. The molecule has 0 aliphatic carbocycles. The molecule has 23 heavy (non-hydrogen) atoms. The molecule has 0 aliphatic rings. The van der Waals surface area contributed by atoms with E-state index in [4.69, 9.17) is 4.74 Å². The minimum Gasteiger partial charge on any atom is -0.497 e. The van der Waals surface area contributed by atoms with E-state index in [1.54, 1.807) is 13.2 Å². The van der Waals surface area contributed by atoms with Crippen molar-refractivity contribution in [3.8, 4) is 5.75 Å². The number of carbonyl (C=O) groups is 1. The molecule has 0 aliphatic heterocycles. The second-order valence-corrected chi connectivity index (χ2v) is 7.37. The molecule has 0 bridgehead atoms. The summed E-state index contributed by atoms with van der Waals surface area (Å²) in [7, 11) is 1.60. The first-order chi connectivity index (χ1) is 11.1. The molecule has 5 nitrogen and oxygen atoms in total. The third-order valence-corrected chi connectivity index (χ3v) is 4.94. The predicted molar refractivity (Wildman–Crippen MR) is 93.6 cm³/mol. The Labute approximate surface area is 144 Å². The number of nitrogens with one attached hydrogen (secondary N) is 1. The number of aromatic amines is 1. The fourth-order valence-corrected chi connectivity index (χ4v) is 3.69. The third kappa shape index (κ3) is 3.51. The summed E-state index contributed by atoms with van der Waals surface area (Å²) >= 11 is 4.66. The van der Waals surface area contributed by atoms with Crippen molar-refractivity contribution >= 4 is 43.3 Å². The first-order valence-corrected chi connectivity index (χ1v) is 8.53. The van der Waals surface area contributed by atoms with Gasteiger partial charge in [-0.15, -0.1) is 11.3 Å². The molecule has 0 amide bonds. The third-order valence-electron chi connectivity index (χ3n) is 3.41. The summed E-state index contributed by atoms with van der Waals surface area (Å²) in [5, 5.41) is 0.492. The zero-order valence-electron chi connectivity index (χ0n) is 12.3. The standard InChI is InChI=1S/C16H13BrN2O3S/c1-22-10-4-2-3-9(7-10)5-6-12(20)14-18-15(21)11-8-13(17)23-16(11)19-14/h2-4,7-8H,5-6H2,1H3,(H,18,19,21). The molecular formula is C16H13BrN2O3S.